The normalized spacial score (nSPS) is 10.6. The van der Waals surface area contributed by atoms with Crippen molar-refractivity contribution in [1.29, 1.82) is 0 Å². The summed E-state index contributed by atoms with van der Waals surface area (Å²) in [6, 6.07) is 8.46. The lowest BCUT2D eigenvalue weighted by Crippen LogP contribution is -2.21. The van der Waals surface area contributed by atoms with Gasteiger partial charge in [0.15, 0.2) is 0 Å². The van der Waals surface area contributed by atoms with E-state index in [-0.39, 0.29) is 0 Å². The number of ether oxygens (including phenoxy) is 1. The molecule has 0 amide bonds. The van der Waals surface area contributed by atoms with Gasteiger partial charge in [0.05, 0.1) is 6.61 Å². The SMILES string of the molecule is CCCCCCCCOc1cccc(N(CC)CC)c1. The van der Waals surface area contributed by atoms with Crippen molar-refractivity contribution in [3.63, 3.8) is 0 Å². The van der Waals surface area contributed by atoms with Crippen LogP contribution in [0.2, 0.25) is 0 Å². The van der Waals surface area contributed by atoms with Gasteiger partial charge >= 0.3 is 0 Å². The highest BCUT2D eigenvalue weighted by Crippen LogP contribution is 2.21. The Morgan fingerprint density at radius 2 is 1.60 bits per heavy atom. The van der Waals surface area contributed by atoms with E-state index in [9.17, 15) is 0 Å². The summed E-state index contributed by atoms with van der Waals surface area (Å²) in [6.07, 6.45) is 7.85. The number of hydrogen-bond donors (Lipinski definition) is 0. The molecule has 1 rings (SSSR count). The lowest BCUT2D eigenvalue weighted by Gasteiger charge is -2.21. The van der Waals surface area contributed by atoms with Crippen LogP contribution in [0.5, 0.6) is 5.75 Å². The summed E-state index contributed by atoms with van der Waals surface area (Å²) >= 11 is 0. The fourth-order valence-electron chi connectivity index (χ4n) is 2.43. The molecule has 0 aliphatic heterocycles. The van der Waals surface area contributed by atoms with Crippen molar-refractivity contribution < 1.29 is 4.74 Å². The molecular formula is C18H31NO. The lowest BCUT2D eigenvalue weighted by molar-refractivity contribution is 0.304. The summed E-state index contributed by atoms with van der Waals surface area (Å²) in [6.45, 7) is 9.55. The van der Waals surface area contributed by atoms with Crippen LogP contribution in [0, 0.1) is 0 Å². The number of hydrogen-bond acceptors (Lipinski definition) is 2. The Hall–Kier alpha value is -1.18. The van der Waals surface area contributed by atoms with E-state index in [1.54, 1.807) is 0 Å². The molecule has 0 spiro atoms. The molecule has 114 valence electrons. The van der Waals surface area contributed by atoms with E-state index in [4.69, 9.17) is 4.74 Å². The molecule has 0 aliphatic rings. The lowest BCUT2D eigenvalue weighted by atomic mass is 10.1. The zero-order chi connectivity index (χ0) is 14.6. The minimum atomic E-state index is 0.841. The van der Waals surface area contributed by atoms with Crippen molar-refractivity contribution >= 4 is 5.69 Å². The Bertz CT molecular complexity index is 347. The van der Waals surface area contributed by atoms with Gasteiger partial charge in [-0.05, 0) is 32.4 Å². The zero-order valence-electron chi connectivity index (χ0n) is 13.5. The number of rotatable bonds is 11. The van der Waals surface area contributed by atoms with Crippen LogP contribution in [-0.4, -0.2) is 19.7 Å². The Morgan fingerprint density at radius 1 is 0.900 bits per heavy atom. The molecule has 0 radical (unpaired) electrons. The van der Waals surface area contributed by atoms with Crippen molar-refractivity contribution in [2.24, 2.45) is 0 Å². The first-order valence-corrected chi connectivity index (χ1v) is 8.29. The molecule has 0 aliphatic carbocycles. The van der Waals surface area contributed by atoms with Gasteiger partial charge in [-0.1, -0.05) is 45.1 Å². The van der Waals surface area contributed by atoms with Gasteiger partial charge in [0.1, 0.15) is 5.75 Å². The summed E-state index contributed by atoms with van der Waals surface area (Å²) in [4.78, 5) is 2.34. The van der Waals surface area contributed by atoms with E-state index in [1.807, 2.05) is 0 Å². The van der Waals surface area contributed by atoms with E-state index < -0.39 is 0 Å². The second kappa shape index (κ2) is 10.6. The topological polar surface area (TPSA) is 12.5 Å². The van der Waals surface area contributed by atoms with Crippen molar-refractivity contribution in [2.75, 3.05) is 24.6 Å². The Morgan fingerprint density at radius 3 is 2.30 bits per heavy atom. The van der Waals surface area contributed by atoms with Crippen LogP contribution in [0.25, 0.3) is 0 Å². The fraction of sp³-hybridized carbons (Fsp3) is 0.667. The Labute approximate surface area is 125 Å². The zero-order valence-corrected chi connectivity index (χ0v) is 13.5. The Kier molecular flexibility index (Phi) is 8.93. The molecule has 0 fully saturated rings. The summed E-state index contributed by atoms with van der Waals surface area (Å²) in [5, 5.41) is 0. The van der Waals surface area contributed by atoms with Crippen LogP contribution in [-0.2, 0) is 0 Å². The molecule has 0 unspecified atom stereocenters. The molecule has 1 aromatic carbocycles. The maximum absolute atomic E-state index is 5.87. The predicted molar refractivity (Wildman–Crippen MR) is 88.9 cm³/mol. The monoisotopic (exact) mass is 277 g/mol. The molecule has 2 nitrogen and oxygen atoms in total. The highest BCUT2D eigenvalue weighted by Gasteiger charge is 2.03. The van der Waals surface area contributed by atoms with Gasteiger partial charge in [-0.15, -0.1) is 0 Å². The van der Waals surface area contributed by atoms with Gasteiger partial charge in [0, 0.05) is 24.8 Å². The smallest absolute Gasteiger partial charge is 0.121 e. The second-order valence-corrected chi connectivity index (χ2v) is 5.29. The number of unbranched alkanes of at least 4 members (excludes halogenated alkanes) is 5. The van der Waals surface area contributed by atoms with Gasteiger partial charge in [0.25, 0.3) is 0 Å². The molecule has 0 atom stereocenters. The van der Waals surface area contributed by atoms with Gasteiger partial charge in [-0.3, -0.25) is 0 Å². The number of benzene rings is 1. The third kappa shape index (κ3) is 6.31. The number of anilines is 1. The highest BCUT2D eigenvalue weighted by atomic mass is 16.5. The second-order valence-electron chi connectivity index (χ2n) is 5.29. The molecule has 2 heteroatoms. The summed E-state index contributed by atoms with van der Waals surface area (Å²) < 4.78 is 5.87. The van der Waals surface area contributed by atoms with Crippen LogP contribution >= 0.6 is 0 Å². The standard InChI is InChI=1S/C18H31NO/c1-4-7-8-9-10-11-15-20-18-14-12-13-17(16-18)19(5-2)6-3/h12-14,16H,4-11,15H2,1-3H3. The van der Waals surface area contributed by atoms with Gasteiger partial charge in [-0.25, -0.2) is 0 Å². The van der Waals surface area contributed by atoms with Gasteiger partial charge < -0.3 is 9.64 Å². The highest BCUT2D eigenvalue weighted by molar-refractivity contribution is 5.50. The van der Waals surface area contributed by atoms with E-state index >= 15 is 0 Å². The molecule has 0 saturated heterocycles. The van der Waals surface area contributed by atoms with Crippen LogP contribution < -0.4 is 9.64 Å². The first-order chi connectivity index (χ1) is 9.81. The average Bonchev–Trinajstić information content (AvgIpc) is 2.48. The van der Waals surface area contributed by atoms with Crippen molar-refractivity contribution in [3.8, 4) is 5.75 Å². The quantitative estimate of drug-likeness (QED) is 0.511. The number of nitrogens with zero attached hydrogens (tertiary/aromatic N) is 1. The van der Waals surface area contributed by atoms with E-state index in [1.165, 1.54) is 44.2 Å². The maximum Gasteiger partial charge on any atom is 0.121 e. The van der Waals surface area contributed by atoms with Gasteiger partial charge in [0.2, 0.25) is 0 Å². The van der Waals surface area contributed by atoms with Gasteiger partial charge in [-0.2, -0.15) is 0 Å². The minimum absolute atomic E-state index is 0.841. The van der Waals surface area contributed by atoms with Crippen LogP contribution in [0.3, 0.4) is 0 Å². The van der Waals surface area contributed by atoms with Crippen LogP contribution in [0.4, 0.5) is 5.69 Å². The molecule has 20 heavy (non-hydrogen) atoms. The van der Waals surface area contributed by atoms with E-state index in [0.717, 1.165) is 25.4 Å². The summed E-state index contributed by atoms with van der Waals surface area (Å²) in [7, 11) is 0. The largest absolute Gasteiger partial charge is 0.494 e. The molecule has 0 aromatic heterocycles. The third-order valence-corrected chi connectivity index (χ3v) is 3.71. The van der Waals surface area contributed by atoms with Crippen molar-refractivity contribution in [2.45, 2.75) is 59.3 Å². The average molecular weight is 277 g/mol. The first-order valence-electron chi connectivity index (χ1n) is 8.29. The maximum atomic E-state index is 5.87. The predicted octanol–water partition coefficient (Wildman–Crippen LogP) is 5.27. The summed E-state index contributed by atoms with van der Waals surface area (Å²) in [5.74, 6) is 1.00. The van der Waals surface area contributed by atoms with E-state index in [0.29, 0.717) is 0 Å². The molecule has 0 N–H and O–H groups in total. The first kappa shape index (κ1) is 16.9. The van der Waals surface area contributed by atoms with Crippen molar-refractivity contribution in [1.82, 2.24) is 0 Å². The molecule has 0 heterocycles. The molecule has 0 saturated carbocycles. The third-order valence-electron chi connectivity index (χ3n) is 3.71. The molecule has 1 aromatic rings. The minimum Gasteiger partial charge on any atom is -0.494 e. The van der Waals surface area contributed by atoms with Crippen molar-refractivity contribution in [3.05, 3.63) is 24.3 Å². The van der Waals surface area contributed by atoms with Crippen LogP contribution in [0.15, 0.2) is 24.3 Å². The van der Waals surface area contributed by atoms with E-state index in [2.05, 4.69) is 49.9 Å². The fourth-order valence-corrected chi connectivity index (χ4v) is 2.43. The molecule has 0 bridgehead atoms. The molecular weight excluding hydrogens is 246 g/mol. The van der Waals surface area contributed by atoms with Crippen LogP contribution in [0.1, 0.15) is 59.3 Å². The summed E-state index contributed by atoms with van der Waals surface area (Å²) in [5.41, 5.74) is 1.26. The Balaban J connectivity index is 2.28.